The molecule has 4 aromatic rings. The summed E-state index contributed by atoms with van der Waals surface area (Å²) in [5.74, 6) is -0.168. The van der Waals surface area contributed by atoms with Gasteiger partial charge >= 0.3 is 0 Å². The molecule has 2 aromatic carbocycles. The van der Waals surface area contributed by atoms with Crippen molar-refractivity contribution in [2.75, 3.05) is 60.5 Å². The van der Waals surface area contributed by atoms with Crippen LogP contribution in [-0.2, 0) is 9.59 Å². The van der Waals surface area contributed by atoms with Crippen LogP contribution in [0.15, 0.2) is 48.8 Å². The Balaban J connectivity index is 1.22. The third-order valence-electron chi connectivity index (χ3n) is 10.5. The van der Waals surface area contributed by atoms with Gasteiger partial charge in [0.15, 0.2) is 0 Å². The van der Waals surface area contributed by atoms with Gasteiger partial charge in [-0.2, -0.15) is 0 Å². The molecule has 2 atom stereocenters. The Morgan fingerprint density at radius 2 is 0.982 bits per heavy atom. The number of pyridine rings is 2. The summed E-state index contributed by atoms with van der Waals surface area (Å²) in [5, 5.41) is 16.2. The van der Waals surface area contributed by atoms with Crippen LogP contribution in [0, 0.1) is 0 Å². The van der Waals surface area contributed by atoms with Crippen molar-refractivity contribution in [1.82, 2.24) is 19.8 Å². The summed E-state index contributed by atoms with van der Waals surface area (Å²) in [6.07, 6.45) is 11.7. The third-order valence-corrected chi connectivity index (χ3v) is 11.0. The van der Waals surface area contributed by atoms with Crippen molar-refractivity contribution in [2.24, 2.45) is 0 Å². The summed E-state index contributed by atoms with van der Waals surface area (Å²) < 4.78 is 0. The molecule has 12 heteroatoms. The molecule has 306 valence electrons. The number of nitrogens with zero attached hydrogens (tertiary/aromatic N) is 4. The molecule has 0 radical (unpaired) electrons. The van der Waals surface area contributed by atoms with Gasteiger partial charge in [-0.1, -0.05) is 63.7 Å². The fraction of sp³-hybridized carbons (Fsp3) is 0.545. The van der Waals surface area contributed by atoms with Crippen LogP contribution in [0.4, 0.5) is 22.7 Å². The summed E-state index contributed by atoms with van der Waals surface area (Å²) in [7, 11) is 0. The first-order chi connectivity index (χ1) is 27.0. The molecule has 0 bridgehead atoms. The summed E-state index contributed by atoms with van der Waals surface area (Å²) in [6, 6.07) is 11.8. The number of hydrogen-bond acceptors (Lipinski definition) is 8. The van der Waals surface area contributed by atoms with Gasteiger partial charge in [0, 0.05) is 69.5 Å². The number of halogens is 2. The molecule has 2 heterocycles. The van der Waals surface area contributed by atoms with E-state index in [-0.39, 0.29) is 23.9 Å². The van der Waals surface area contributed by atoms with Gasteiger partial charge in [-0.3, -0.25) is 19.6 Å². The van der Waals surface area contributed by atoms with Gasteiger partial charge in [0.2, 0.25) is 11.8 Å². The Morgan fingerprint density at radius 1 is 0.589 bits per heavy atom. The highest BCUT2D eigenvalue weighted by molar-refractivity contribution is 6.32. The molecule has 10 nitrogen and oxygen atoms in total. The van der Waals surface area contributed by atoms with Crippen molar-refractivity contribution in [3.05, 3.63) is 58.8 Å². The zero-order valence-corrected chi connectivity index (χ0v) is 36.0. The van der Waals surface area contributed by atoms with Crippen LogP contribution in [-0.4, -0.2) is 82.9 Å². The zero-order valence-electron chi connectivity index (χ0n) is 34.4. The number of nitrogens with one attached hydrogen (secondary N) is 4. The van der Waals surface area contributed by atoms with E-state index in [9.17, 15) is 9.59 Å². The molecular formula is C44H64Cl2N8O2. The Morgan fingerprint density at radius 3 is 1.36 bits per heavy atom. The predicted octanol–water partition coefficient (Wildman–Crippen LogP) is 10.9. The lowest BCUT2D eigenvalue weighted by molar-refractivity contribution is -0.117. The molecule has 0 aliphatic heterocycles. The summed E-state index contributed by atoms with van der Waals surface area (Å²) in [4.78, 5) is 40.1. The van der Waals surface area contributed by atoms with E-state index < -0.39 is 0 Å². The van der Waals surface area contributed by atoms with Crippen molar-refractivity contribution in [3.63, 3.8) is 0 Å². The van der Waals surface area contributed by atoms with Crippen LogP contribution in [0.25, 0.3) is 21.8 Å². The molecule has 4 rings (SSSR count). The number of fused-ring (bicyclic) bond motifs is 2. The van der Waals surface area contributed by atoms with E-state index in [0.29, 0.717) is 58.1 Å². The van der Waals surface area contributed by atoms with E-state index in [1.54, 1.807) is 24.5 Å². The van der Waals surface area contributed by atoms with Crippen LogP contribution in [0.2, 0.25) is 10.0 Å². The average Bonchev–Trinajstić information content (AvgIpc) is 3.17. The van der Waals surface area contributed by atoms with Crippen LogP contribution in [0.3, 0.4) is 0 Å². The van der Waals surface area contributed by atoms with E-state index in [4.69, 9.17) is 23.2 Å². The van der Waals surface area contributed by atoms with E-state index >= 15 is 0 Å². The molecule has 4 N–H and O–H groups in total. The number of amides is 2. The molecule has 2 amide bonds. The van der Waals surface area contributed by atoms with Gasteiger partial charge in [-0.15, -0.1) is 0 Å². The van der Waals surface area contributed by atoms with E-state index in [2.05, 4.69) is 82.6 Å². The van der Waals surface area contributed by atoms with Crippen LogP contribution in [0.5, 0.6) is 0 Å². The monoisotopic (exact) mass is 806 g/mol. The van der Waals surface area contributed by atoms with E-state index in [1.165, 1.54) is 0 Å². The number of unbranched alkanes of at least 4 members (excludes halogenated alkanes) is 3. The van der Waals surface area contributed by atoms with Crippen molar-refractivity contribution in [2.45, 2.75) is 118 Å². The quantitative estimate of drug-likeness (QED) is 0.0490. The van der Waals surface area contributed by atoms with Crippen LogP contribution >= 0.6 is 23.2 Å². The number of anilines is 4. The van der Waals surface area contributed by atoms with Crippen molar-refractivity contribution >= 4 is 79.6 Å². The molecule has 0 saturated heterocycles. The first-order valence-electron chi connectivity index (χ1n) is 20.8. The maximum Gasteiger partial charge on any atom is 0.224 e. The van der Waals surface area contributed by atoms with Gasteiger partial charge in [-0.05, 0) is 128 Å². The first kappa shape index (κ1) is 45.0. The highest BCUT2D eigenvalue weighted by Crippen LogP contribution is 2.33. The second kappa shape index (κ2) is 23.5. The predicted molar refractivity (Wildman–Crippen MR) is 239 cm³/mol. The smallest absolute Gasteiger partial charge is 0.224 e. The van der Waals surface area contributed by atoms with Crippen LogP contribution < -0.4 is 21.3 Å². The average molecular weight is 808 g/mol. The minimum atomic E-state index is -0.0838. The fourth-order valence-corrected chi connectivity index (χ4v) is 7.67. The van der Waals surface area contributed by atoms with Gasteiger partial charge in [0.25, 0.3) is 0 Å². The molecule has 2 aromatic heterocycles. The topological polar surface area (TPSA) is 115 Å². The second-order valence-electron chi connectivity index (χ2n) is 14.9. The summed E-state index contributed by atoms with van der Waals surface area (Å²) >= 11 is 13.1. The largest absolute Gasteiger partial charge is 0.382 e. The normalized spacial score (nSPS) is 12.7. The number of carbonyl (C=O) groups is 2. The standard InChI is InChI=1S/C44H64Cl2N8O2/c1-7-53(8-2)25-15-17-31(5)49-37-21-23-47-43-35(37)27-33(45)29-39(43)51-41(55)19-13-11-12-14-20-42(56)52-40-30-34(46)28-36-38(22-24-48-44(36)40)50-32(6)18-16-26-54(9-3)10-4/h21-24,27-32H,7-20,25-26H2,1-6H3,(H,47,49)(H,48,50)(H,51,55)(H,52,56). The molecule has 0 spiro atoms. The maximum absolute atomic E-state index is 13.0. The molecule has 0 aliphatic carbocycles. The molecule has 0 aliphatic rings. The summed E-state index contributed by atoms with van der Waals surface area (Å²) in [5.41, 5.74) is 4.55. The minimum Gasteiger partial charge on any atom is -0.382 e. The van der Waals surface area contributed by atoms with Gasteiger partial charge in [-0.25, -0.2) is 0 Å². The van der Waals surface area contributed by atoms with Crippen LogP contribution in [0.1, 0.15) is 106 Å². The zero-order chi connectivity index (χ0) is 40.5. The number of hydrogen-bond donors (Lipinski definition) is 4. The lowest BCUT2D eigenvalue weighted by atomic mass is 10.1. The number of aromatic nitrogens is 2. The number of rotatable bonds is 25. The lowest BCUT2D eigenvalue weighted by Gasteiger charge is -2.21. The lowest BCUT2D eigenvalue weighted by Crippen LogP contribution is -2.25. The second-order valence-corrected chi connectivity index (χ2v) is 15.7. The van der Waals surface area contributed by atoms with E-state index in [1.807, 2.05) is 24.3 Å². The number of carbonyl (C=O) groups excluding carboxylic acids is 2. The molecular weight excluding hydrogens is 743 g/mol. The highest BCUT2D eigenvalue weighted by atomic mass is 35.5. The minimum absolute atomic E-state index is 0.0838. The van der Waals surface area contributed by atoms with Crippen molar-refractivity contribution in [3.8, 4) is 0 Å². The highest BCUT2D eigenvalue weighted by Gasteiger charge is 2.15. The maximum atomic E-state index is 13.0. The third kappa shape index (κ3) is 14.0. The molecule has 0 saturated carbocycles. The number of benzene rings is 2. The summed E-state index contributed by atoms with van der Waals surface area (Å²) in [6.45, 7) is 19.6. The first-order valence-corrected chi connectivity index (χ1v) is 21.5. The Labute approximate surface area is 344 Å². The Bertz CT molecular complexity index is 1720. The Kier molecular flexibility index (Phi) is 18.9. The SMILES string of the molecule is CCN(CC)CCCC(C)Nc1ccnc2c(NC(=O)CCCCCCC(=O)Nc3cc(Cl)cc4c(NC(C)CCCN(CC)CC)ccnc34)cc(Cl)cc12. The van der Waals surface area contributed by atoms with Gasteiger partial charge in [0.05, 0.1) is 22.4 Å². The van der Waals surface area contributed by atoms with Gasteiger partial charge in [0.1, 0.15) is 0 Å². The fourth-order valence-electron chi connectivity index (χ4n) is 7.23. The Hall–Kier alpha value is -3.70. The van der Waals surface area contributed by atoms with Gasteiger partial charge < -0.3 is 31.1 Å². The van der Waals surface area contributed by atoms with Crippen molar-refractivity contribution < 1.29 is 9.59 Å². The van der Waals surface area contributed by atoms with E-state index in [0.717, 1.165) is 99.9 Å². The van der Waals surface area contributed by atoms with Crippen molar-refractivity contribution in [1.29, 1.82) is 0 Å². The molecule has 2 unspecified atom stereocenters. The molecule has 0 fully saturated rings. The molecule has 56 heavy (non-hydrogen) atoms.